The van der Waals surface area contributed by atoms with Gasteiger partial charge in [-0.2, -0.15) is 21.6 Å². The second kappa shape index (κ2) is 6.37. The van der Waals surface area contributed by atoms with Crippen molar-refractivity contribution < 1.29 is 26.4 Å². The highest BCUT2D eigenvalue weighted by molar-refractivity contribution is 7.90. The van der Waals surface area contributed by atoms with Crippen LogP contribution in [0.2, 0.25) is 0 Å². The van der Waals surface area contributed by atoms with Crippen LogP contribution < -0.4 is 0 Å². The van der Waals surface area contributed by atoms with E-state index in [2.05, 4.69) is 0 Å². The lowest BCUT2D eigenvalue weighted by Gasteiger charge is -2.31. The number of rotatable bonds is 3. The minimum Gasteiger partial charge on any atom is -0.334 e. The number of hydrogen-bond donors (Lipinski definition) is 0. The van der Waals surface area contributed by atoms with Gasteiger partial charge in [-0.1, -0.05) is 36.8 Å². The second-order valence-electron chi connectivity index (χ2n) is 7.37. The molecule has 1 saturated heterocycles. The minimum atomic E-state index is -5.51. The summed E-state index contributed by atoms with van der Waals surface area (Å²) in [6.07, 6.45) is 6.89. The lowest BCUT2D eigenvalue weighted by atomic mass is 9.75. The second-order valence-corrected chi connectivity index (χ2v) is 9.20. The highest BCUT2D eigenvalue weighted by Gasteiger charge is 2.59. The number of alkyl halides is 3. The SMILES string of the molecule is O=C1N(Cc2ccccc2)[C@@H]2CCC[C@@H]2C12C=CN(S(=O)(=O)C(F)(F)F)C=C2. The molecule has 1 aromatic rings. The van der Waals surface area contributed by atoms with Crippen LogP contribution in [0.5, 0.6) is 0 Å². The molecule has 9 heteroatoms. The van der Waals surface area contributed by atoms with E-state index in [4.69, 9.17) is 0 Å². The van der Waals surface area contributed by atoms with E-state index in [1.165, 1.54) is 12.2 Å². The number of likely N-dealkylation sites (tertiary alicyclic amines) is 1. The molecular weight excluding hydrogens is 393 g/mol. The summed E-state index contributed by atoms with van der Waals surface area (Å²) >= 11 is 0. The van der Waals surface area contributed by atoms with Crippen LogP contribution >= 0.6 is 0 Å². The summed E-state index contributed by atoms with van der Waals surface area (Å²) in [7, 11) is -5.51. The Kier molecular flexibility index (Phi) is 4.33. The van der Waals surface area contributed by atoms with Crippen molar-refractivity contribution in [3.05, 3.63) is 60.4 Å². The number of carbonyl (C=O) groups is 1. The summed E-state index contributed by atoms with van der Waals surface area (Å²) in [4.78, 5) is 15.1. The highest BCUT2D eigenvalue weighted by Crippen LogP contribution is 2.53. The Balaban J connectivity index is 1.64. The molecule has 150 valence electrons. The van der Waals surface area contributed by atoms with Gasteiger partial charge in [0.2, 0.25) is 5.91 Å². The van der Waals surface area contributed by atoms with E-state index in [-0.39, 0.29) is 22.2 Å². The van der Waals surface area contributed by atoms with Gasteiger partial charge in [0.15, 0.2) is 0 Å². The fourth-order valence-electron chi connectivity index (χ4n) is 4.57. The monoisotopic (exact) mass is 412 g/mol. The predicted molar refractivity (Wildman–Crippen MR) is 95.6 cm³/mol. The summed E-state index contributed by atoms with van der Waals surface area (Å²) < 4.78 is 61.8. The molecule has 2 fully saturated rings. The zero-order chi connectivity index (χ0) is 20.2. The molecule has 1 aromatic carbocycles. The molecule has 2 atom stereocenters. The van der Waals surface area contributed by atoms with E-state index in [1.54, 1.807) is 4.90 Å². The maximum absolute atomic E-state index is 13.3. The number of hydrogen-bond acceptors (Lipinski definition) is 3. The third-order valence-corrected chi connectivity index (χ3v) is 7.27. The molecule has 4 rings (SSSR count). The molecule has 2 aliphatic heterocycles. The number of fused-ring (bicyclic) bond motifs is 2. The molecule has 0 bridgehead atoms. The molecule has 1 spiro atoms. The van der Waals surface area contributed by atoms with Gasteiger partial charge in [0.25, 0.3) is 0 Å². The number of benzene rings is 1. The van der Waals surface area contributed by atoms with Crippen molar-refractivity contribution in [2.45, 2.75) is 37.4 Å². The van der Waals surface area contributed by atoms with Crippen LogP contribution in [0.25, 0.3) is 0 Å². The van der Waals surface area contributed by atoms with Gasteiger partial charge in [-0.25, -0.2) is 4.31 Å². The molecular formula is C19H19F3N2O3S. The van der Waals surface area contributed by atoms with Gasteiger partial charge in [0, 0.05) is 30.9 Å². The lowest BCUT2D eigenvalue weighted by Crippen LogP contribution is -2.40. The molecule has 3 aliphatic rings. The molecule has 1 aliphatic carbocycles. The van der Waals surface area contributed by atoms with Crippen molar-refractivity contribution in [1.82, 2.24) is 9.21 Å². The molecule has 2 heterocycles. The zero-order valence-electron chi connectivity index (χ0n) is 14.8. The minimum absolute atomic E-state index is 0.00669. The number of halogens is 3. The Morgan fingerprint density at radius 2 is 1.71 bits per heavy atom. The molecule has 0 aromatic heterocycles. The van der Waals surface area contributed by atoms with Crippen LogP contribution in [-0.2, 0) is 21.4 Å². The third-order valence-electron chi connectivity index (χ3n) is 5.88. The van der Waals surface area contributed by atoms with Gasteiger partial charge < -0.3 is 4.90 Å². The van der Waals surface area contributed by atoms with Crippen LogP contribution in [0.1, 0.15) is 24.8 Å². The smallest absolute Gasteiger partial charge is 0.334 e. The van der Waals surface area contributed by atoms with Gasteiger partial charge in [-0.3, -0.25) is 4.79 Å². The summed E-state index contributed by atoms with van der Waals surface area (Å²) in [5.74, 6) is -0.269. The van der Waals surface area contributed by atoms with Crippen molar-refractivity contribution in [2.24, 2.45) is 11.3 Å². The van der Waals surface area contributed by atoms with Crippen molar-refractivity contribution >= 4 is 15.9 Å². The Morgan fingerprint density at radius 1 is 1.07 bits per heavy atom. The molecule has 1 saturated carbocycles. The van der Waals surface area contributed by atoms with Crippen LogP contribution in [-0.4, -0.2) is 35.1 Å². The van der Waals surface area contributed by atoms with Crippen LogP contribution in [0.4, 0.5) is 13.2 Å². The van der Waals surface area contributed by atoms with Crippen molar-refractivity contribution in [1.29, 1.82) is 0 Å². The van der Waals surface area contributed by atoms with E-state index < -0.39 is 20.9 Å². The average Bonchev–Trinajstić information content (AvgIpc) is 3.21. The van der Waals surface area contributed by atoms with Crippen molar-refractivity contribution in [3.63, 3.8) is 0 Å². The van der Waals surface area contributed by atoms with Crippen LogP contribution in [0.3, 0.4) is 0 Å². The fourth-order valence-corrected chi connectivity index (χ4v) is 5.25. The number of carbonyl (C=O) groups excluding carboxylic acids is 1. The molecule has 5 nitrogen and oxygen atoms in total. The first-order valence-corrected chi connectivity index (χ1v) is 10.4. The molecule has 28 heavy (non-hydrogen) atoms. The van der Waals surface area contributed by atoms with Crippen LogP contribution in [0.15, 0.2) is 54.9 Å². The lowest BCUT2D eigenvalue weighted by molar-refractivity contribution is -0.134. The van der Waals surface area contributed by atoms with Gasteiger partial charge >= 0.3 is 15.5 Å². The van der Waals surface area contributed by atoms with Crippen LogP contribution in [0, 0.1) is 11.3 Å². The van der Waals surface area contributed by atoms with Crippen molar-refractivity contribution in [2.75, 3.05) is 0 Å². The molecule has 0 unspecified atom stereocenters. The summed E-state index contributed by atoms with van der Waals surface area (Å²) in [5, 5.41) is 0. The van der Waals surface area contributed by atoms with E-state index in [0.717, 1.165) is 37.2 Å². The Labute approximate surface area is 161 Å². The molecule has 0 N–H and O–H groups in total. The molecule has 1 amide bonds. The van der Waals surface area contributed by atoms with Gasteiger partial charge in [-0.15, -0.1) is 0 Å². The number of amides is 1. The topological polar surface area (TPSA) is 57.7 Å². The normalized spacial score (nSPS) is 26.3. The quantitative estimate of drug-likeness (QED) is 0.765. The van der Waals surface area contributed by atoms with E-state index in [9.17, 15) is 26.4 Å². The fraction of sp³-hybridized carbons (Fsp3) is 0.421. The molecule has 0 radical (unpaired) electrons. The Morgan fingerprint density at radius 3 is 2.32 bits per heavy atom. The Hall–Kier alpha value is -2.29. The van der Waals surface area contributed by atoms with Crippen molar-refractivity contribution in [3.8, 4) is 0 Å². The average molecular weight is 412 g/mol. The largest absolute Gasteiger partial charge is 0.517 e. The number of sulfonamides is 1. The van der Waals surface area contributed by atoms with Gasteiger partial charge in [-0.05, 0) is 30.6 Å². The third kappa shape index (κ3) is 2.75. The number of nitrogens with zero attached hydrogens (tertiary/aromatic N) is 2. The maximum atomic E-state index is 13.3. The van der Waals surface area contributed by atoms with E-state index in [1.807, 2.05) is 30.3 Å². The first-order valence-electron chi connectivity index (χ1n) is 9.00. The highest BCUT2D eigenvalue weighted by atomic mass is 32.2. The standard InChI is InChI=1S/C19H19F3N2O3S/c20-19(21,22)28(26,27)23-11-9-18(10-12-23)15-7-4-8-16(15)24(17(18)25)13-14-5-2-1-3-6-14/h1-3,5-6,9-12,15-16H,4,7-8,13H2/t15-,16+/m0/s1. The maximum Gasteiger partial charge on any atom is 0.517 e. The Bertz CT molecular complexity index is 927. The first kappa shape index (κ1) is 19.0. The predicted octanol–water partition coefficient (Wildman–Crippen LogP) is 3.38. The zero-order valence-corrected chi connectivity index (χ0v) is 15.7. The van der Waals surface area contributed by atoms with E-state index >= 15 is 0 Å². The van der Waals surface area contributed by atoms with Gasteiger partial charge in [0.05, 0.1) is 5.41 Å². The van der Waals surface area contributed by atoms with E-state index in [0.29, 0.717) is 6.54 Å². The summed E-state index contributed by atoms with van der Waals surface area (Å²) in [6.45, 7) is 0.425. The summed E-state index contributed by atoms with van der Waals surface area (Å²) in [6, 6.07) is 9.50. The van der Waals surface area contributed by atoms with Gasteiger partial charge in [0.1, 0.15) is 0 Å². The summed E-state index contributed by atoms with van der Waals surface area (Å²) in [5.41, 5.74) is -5.52. The first-order chi connectivity index (χ1) is 13.2.